The molecule has 1 aromatic heterocycles. The van der Waals surface area contributed by atoms with Gasteiger partial charge in [-0.25, -0.2) is 0 Å². The summed E-state index contributed by atoms with van der Waals surface area (Å²) in [6.45, 7) is 4.91. The zero-order valence-electron chi connectivity index (χ0n) is 10.6. The minimum absolute atomic E-state index is 0.00380. The van der Waals surface area contributed by atoms with Gasteiger partial charge >= 0.3 is 0 Å². The molecule has 2 rings (SSSR count). The molecule has 0 spiro atoms. The summed E-state index contributed by atoms with van der Waals surface area (Å²) in [6.07, 6.45) is 5.23. The van der Waals surface area contributed by atoms with Crippen molar-refractivity contribution >= 4 is 0 Å². The third-order valence-electron chi connectivity index (χ3n) is 3.54. The minimum atomic E-state index is -0.232. The highest BCUT2D eigenvalue weighted by Gasteiger charge is 2.37. The third-order valence-corrected chi connectivity index (χ3v) is 3.54. The van der Waals surface area contributed by atoms with E-state index in [1.807, 2.05) is 19.2 Å². The zero-order chi connectivity index (χ0) is 12.3. The molecule has 94 valence electrons. The molecule has 1 saturated heterocycles. The van der Waals surface area contributed by atoms with Crippen molar-refractivity contribution in [1.29, 1.82) is 0 Å². The number of pyridine rings is 1. The van der Waals surface area contributed by atoms with Crippen LogP contribution in [0.15, 0.2) is 18.3 Å². The van der Waals surface area contributed by atoms with E-state index in [2.05, 4.69) is 23.4 Å². The van der Waals surface area contributed by atoms with E-state index in [0.717, 1.165) is 30.7 Å². The Labute approximate surface area is 103 Å². The lowest BCUT2D eigenvalue weighted by Gasteiger charge is -2.40. The van der Waals surface area contributed by atoms with E-state index >= 15 is 0 Å². The molecule has 0 radical (unpaired) electrons. The van der Waals surface area contributed by atoms with Gasteiger partial charge in [0.2, 0.25) is 0 Å². The van der Waals surface area contributed by atoms with Gasteiger partial charge in [-0.3, -0.25) is 16.3 Å². The number of aromatic nitrogens is 1. The Hall–Kier alpha value is -0.970. The molecule has 1 aliphatic rings. The summed E-state index contributed by atoms with van der Waals surface area (Å²) in [5.74, 6) is 5.70. The minimum Gasteiger partial charge on any atom is -0.373 e. The van der Waals surface area contributed by atoms with Crippen molar-refractivity contribution in [3.05, 3.63) is 29.6 Å². The fourth-order valence-corrected chi connectivity index (χ4v) is 2.46. The standard InChI is InChI=1S/C13H21N3O/c1-10-5-6-11(9-15-10)12(16-14)13(2)7-3-4-8-17-13/h5-6,9,12,16H,3-4,7-8,14H2,1-2H3. The Morgan fingerprint density at radius 1 is 1.47 bits per heavy atom. The molecule has 0 amide bonds. The summed E-state index contributed by atoms with van der Waals surface area (Å²) >= 11 is 0. The molecular formula is C13H21N3O. The van der Waals surface area contributed by atoms with Crippen molar-refractivity contribution < 1.29 is 4.74 Å². The van der Waals surface area contributed by atoms with Crippen molar-refractivity contribution in [2.45, 2.75) is 44.8 Å². The van der Waals surface area contributed by atoms with Crippen LogP contribution in [-0.2, 0) is 4.74 Å². The lowest BCUT2D eigenvalue weighted by atomic mass is 9.85. The number of rotatable bonds is 3. The highest BCUT2D eigenvalue weighted by Crippen LogP contribution is 2.35. The van der Waals surface area contributed by atoms with Gasteiger partial charge in [0.15, 0.2) is 0 Å². The van der Waals surface area contributed by atoms with Crippen molar-refractivity contribution in [2.75, 3.05) is 6.61 Å². The van der Waals surface area contributed by atoms with E-state index in [9.17, 15) is 0 Å². The first kappa shape index (κ1) is 12.5. The van der Waals surface area contributed by atoms with Crippen LogP contribution in [0, 0.1) is 6.92 Å². The van der Waals surface area contributed by atoms with E-state index in [1.54, 1.807) is 0 Å². The zero-order valence-corrected chi connectivity index (χ0v) is 10.6. The van der Waals surface area contributed by atoms with Crippen LogP contribution in [-0.4, -0.2) is 17.2 Å². The second-order valence-electron chi connectivity index (χ2n) is 4.95. The molecule has 17 heavy (non-hydrogen) atoms. The molecule has 1 aromatic rings. The maximum Gasteiger partial charge on any atom is 0.0861 e. The average molecular weight is 235 g/mol. The quantitative estimate of drug-likeness (QED) is 0.620. The number of ether oxygens (including phenoxy) is 1. The molecule has 0 saturated carbocycles. The number of hydrogen-bond donors (Lipinski definition) is 2. The lowest BCUT2D eigenvalue weighted by molar-refractivity contribution is -0.0899. The second-order valence-corrected chi connectivity index (χ2v) is 4.95. The van der Waals surface area contributed by atoms with Crippen molar-refractivity contribution in [3.63, 3.8) is 0 Å². The van der Waals surface area contributed by atoms with Gasteiger partial charge in [0.05, 0.1) is 11.6 Å². The van der Waals surface area contributed by atoms with Gasteiger partial charge in [-0.1, -0.05) is 6.07 Å². The molecular weight excluding hydrogens is 214 g/mol. The summed E-state index contributed by atoms with van der Waals surface area (Å²) in [5, 5.41) is 0. The highest BCUT2D eigenvalue weighted by atomic mass is 16.5. The first-order chi connectivity index (χ1) is 8.15. The number of aryl methyl sites for hydroxylation is 1. The van der Waals surface area contributed by atoms with Crippen LogP contribution in [0.25, 0.3) is 0 Å². The maximum atomic E-state index is 5.93. The topological polar surface area (TPSA) is 60.2 Å². The van der Waals surface area contributed by atoms with Gasteiger partial charge in [-0.05, 0) is 44.7 Å². The fraction of sp³-hybridized carbons (Fsp3) is 0.615. The summed E-state index contributed by atoms with van der Waals surface area (Å²) in [4.78, 5) is 4.32. The van der Waals surface area contributed by atoms with E-state index in [1.165, 1.54) is 6.42 Å². The number of nitrogens with two attached hydrogens (primary N) is 1. The van der Waals surface area contributed by atoms with Gasteiger partial charge in [0, 0.05) is 18.5 Å². The van der Waals surface area contributed by atoms with Gasteiger partial charge in [-0.15, -0.1) is 0 Å². The SMILES string of the molecule is Cc1ccc(C(NN)C2(C)CCCCO2)cn1. The van der Waals surface area contributed by atoms with Crippen LogP contribution in [0.5, 0.6) is 0 Å². The van der Waals surface area contributed by atoms with E-state index in [-0.39, 0.29) is 11.6 Å². The molecule has 4 heteroatoms. The largest absolute Gasteiger partial charge is 0.373 e. The monoisotopic (exact) mass is 235 g/mol. The summed E-state index contributed by atoms with van der Waals surface area (Å²) in [6, 6.07) is 4.07. The summed E-state index contributed by atoms with van der Waals surface area (Å²) < 4.78 is 5.93. The van der Waals surface area contributed by atoms with E-state index < -0.39 is 0 Å². The predicted octanol–water partition coefficient (Wildman–Crippen LogP) is 1.85. The average Bonchev–Trinajstić information content (AvgIpc) is 2.33. The third kappa shape index (κ3) is 2.65. The molecule has 1 fully saturated rings. The number of hydrazine groups is 1. The van der Waals surface area contributed by atoms with Crippen LogP contribution in [0.3, 0.4) is 0 Å². The van der Waals surface area contributed by atoms with Gasteiger partial charge in [0.25, 0.3) is 0 Å². The molecule has 1 aliphatic heterocycles. The van der Waals surface area contributed by atoms with Crippen molar-refractivity contribution in [1.82, 2.24) is 10.4 Å². The Morgan fingerprint density at radius 2 is 2.29 bits per heavy atom. The Bertz CT molecular complexity index is 357. The molecule has 3 N–H and O–H groups in total. The fourth-order valence-electron chi connectivity index (χ4n) is 2.46. The van der Waals surface area contributed by atoms with E-state index in [4.69, 9.17) is 10.6 Å². The number of nitrogens with one attached hydrogen (secondary N) is 1. The molecule has 4 nitrogen and oxygen atoms in total. The molecule has 2 atom stereocenters. The normalized spacial score (nSPS) is 26.8. The molecule has 2 unspecified atom stereocenters. The molecule has 2 heterocycles. The first-order valence-corrected chi connectivity index (χ1v) is 6.18. The molecule has 0 bridgehead atoms. The maximum absolute atomic E-state index is 5.93. The van der Waals surface area contributed by atoms with Crippen molar-refractivity contribution in [2.24, 2.45) is 5.84 Å². The first-order valence-electron chi connectivity index (χ1n) is 6.18. The molecule has 0 aliphatic carbocycles. The Morgan fingerprint density at radius 3 is 2.82 bits per heavy atom. The second kappa shape index (κ2) is 5.12. The van der Waals surface area contributed by atoms with Crippen LogP contribution in [0.1, 0.15) is 43.5 Å². The number of nitrogens with zero attached hydrogens (tertiary/aromatic N) is 1. The lowest BCUT2D eigenvalue weighted by Crippen LogP contribution is -2.48. The van der Waals surface area contributed by atoms with Gasteiger partial charge in [-0.2, -0.15) is 0 Å². The Kier molecular flexibility index (Phi) is 3.76. The smallest absolute Gasteiger partial charge is 0.0861 e. The van der Waals surface area contributed by atoms with Gasteiger partial charge in [0.1, 0.15) is 0 Å². The van der Waals surface area contributed by atoms with Crippen molar-refractivity contribution in [3.8, 4) is 0 Å². The van der Waals surface area contributed by atoms with Crippen LogP contribution in [0.2, 0.25) is 0 Å². The van der Waals surface area contributed by atoms with Crippen LogP contribution < -0.4 is 11.3 Å². The van der Waals surface area contributed by atoms with Gasteiger partial charge < -0.3 is 4.74 Å². The Balaban J connectivity index is 2.22. The molecule has 0 aromatic carbocycles. The number of hydrogen-bond acceptors (Lipinski definition) is 4. The van der Waals surface area contributed by atoms with Crippen LogP contribution in [0.4, 0.5) is 0 Å². The van der Waals surface area contributed by atoms with Crippen LogP contribution >= 0.6 is 0 Å². The van der Waals surface area contributed by atoms with E-state index in [0.29, 0.717) is 0 Å². The summed E-state index contributed by atoms with van der Waals surface area (Å²) in [5.41, 5.74) is 4.75. The highest BCUT2D eigenvalue weighted by molar-refractivity contribution is 5.20. The summed E-state index contributed by atoms with van der Waals surface area (Å²) in [7, 11) is 0. The predicted molar refractivity (Wildman–Crippen MR) is 67.2 cm³/mol.